The van der Waals surface area contributed by atoms with Crippen LogP contribution in [0.5, 0.6) is 0 Å². The fourth-order valence-electron chi connectivity index (χ4n) is 2.64. The molecule has 112 valence electrons. The van der Waals surface area contributed by atoms with Crippen molar-refractivity contribution in [1.82, 2.24) is 24.7 Å². The molecule has 0 radical (unpaired) electrons. The minimum atomic E-state index is -0.368. The molecule has 0 atom stereocenters. The molecule has 0 aliphatic carbocycles. The number of ether oxygens (including phenoxy) is 1. The number of benzene rings is 1. The van der Waals surface area contributed by atoms with Gasteiger partial charge in [0.1, 0.15) is 0 Å². The highest BCUT2D eigenvalue weighted by atomic mass is 16.5. The van der Waals surface area contributed by atoms with Gasteiger partial charge in [-0.25, -0.2) is 9.73 Å². The van der Waals surface area contributed by atoms with Crippen LogP contribution in [-0.2, 0) is 4.74 Å². The Bertz CT molecular complexity index is 923. The maximum absolute atomic E-state index is 12.6. The molecule has 0 spiro atoms. The fourth-order valence-corrected chi connectivity index (χ4v) is 2.64. The van der Waals surface area contributed by atoms with Crippen LogP contribution in [0.1, 0.15) is 10.5 Å². The molecule has 2 aromatic heterocycles. The summed E-state index contributed by atoms with van der Waals surface area (Å²) in [5.41, 5.74) is 0.684. The van der Waals surface area contributed by atoms with Crippen LogP contribution >= 0.6 is 0 Å². The zero-order valence-electron chi connectivity index (χ0n) is 11.7. The van der Waals surface area contributed by atoms with E-state index in [0.717, 1.165) is 0 Å². The Balaban J connectivity index is 1.89. The second kappa shape index (κ2) is 4.92. The van der Waals surface area contributed by atoms with Gasteiger partial charge in [-0.05, 0) is 12.1 Å². The molecule has 3 heterocycles. The number of carbonyl (C=O) groups is 1. The molecular formula is C14H13N5O3. The molecule has 8 heteroatoms. The monoisotopic (exact) mass is 299 g/mol. The van der Waals surface area contributed by atoms with Gasteiger partial charge in [0.2, 0.25) is 0 Å². The number of aromatic nitrogens is 4. The summed E-state index contributed by atoms with van der Waals surface area (Å²) in [6.07, 6.45) is 0. The van der Waals surface area contributed by atoms with Crippen molar-refractivity contribution in [1.29, 1.82) is 0 Å². The minimum absolute atomic E-state index is 0.157. The number of amides is 1. The highest BCUT2D eigenvalue weighted by Crippen LogP contribution is 2.14. The van der Waals surface area contributed by atoms with E-state index in [9.17, 15) is 9.59 Å². The third-order valence-corrected chi connectivity index (χ3v) is 3.77. The van der Waals surface area contributed by atoms with E-state index < -0.39 is 0 Å². The third-order valence-electron chi connectivity index (χ3n) is 3.77. The SMILES string of the molecule is O=C(c1n[nH]n2c1nc(=O)c1ccccc12)N1CCOCC1. The molecule has 1 aliphatic rings. The summed E-state index contributed by atoms with van der Waals surface area (Å²) >= 11 is 0. The van der Waals surface area contributed by atoms with Crippen molar-refractivity contribution in [2.24, 2.45) is 0 Å². The number of H-pyrrole nitrogens is 1. The molecule has 1 N–H and O–H groups in total. The summed E-state index contributed by atoms with van der Waals surface area (Å²) in [6.45, 7) is 2.03. The lowest BCUT2D eigenvalue weighted by atomic mass is 10.2. The summed E-state index contributed by atoms with van der Waals surface area (Å²) in [5, 5.41) is 7.31. The van der Waals surface area contributed by atoms with Crippen LogP contribution in [-0.4, -0.2) is 56.9 Å². The predicted octanol–water partition coefficient (Wildman–Crippen LogP) is 0.0432. The molecule has 1 amide bonds. The number of aromatic amines is 1. The topological polar surface area (TPSA) is 92.6 Å². The van der Waals surface area contributed by atoms with Gasteiger partial charge in [0, 0.05) is 13.1 Å². The van der Waals surface area contributed by atoms with E-state index in [1.807, 2.05) is 6.07 Å². The Morgan fingerprint density at radius 3 is 2.82 bits per heavy atom. The van der Waals surface area contributed by atoms with Crippen molar-refractivity contribution < 1.29 is 9.53 Å². The van der Waals surface area contributed by atoms with Crippen molar-refractivity contribution >= 4 is 22.5 Å². The summed E-state index contributed by atoms with van der Waals surface area (Å²) in [7, 11) is 0. The van der Waals surface area contributed by atoms with Crippen molar-refractivity contribution in [3.8, 4) is 0 Å². The Labute approximate surface area is 124 Å². The number of rotatable bonds is 1. The highest BCUT2D eigenvalue weighted by molar-refractivity contribution is 5.98. The molecule has 3 aromatic rings. The molecule has 1 fully saturated rings. The molecular weight excluding hydrogens is 286 g/mol. The van der Waals surface area contributed by atoms with Gasteiger partial charge in [-0.2, -0.15) is 4.98 Å². The highest BCUT2D eigenvalue weighted by Gasteiger charge is 2.24. The van der Waals surface area contributed by atoms with Gasteiger partial charge >= 0.3 is 0 Å². The van der Waals surface area contributed by atoms with Crippen LogP contribution in [0.15, 0.2) is 29.1 Å². The summed E-state index contributed by atoms with van der Waals surface area (Å²) in [4.78, 5) is 30.4. The van der Waals surface area contributed by atoms with Gasteiger partial charge in [-0.15, -0.1) is 5.10 Å². The predicted molar refractivity (Wildman–Crippen MR) is 77.8 cm³/mol. The van der Waals surface area contributed by atoms with Crippen molar-refractivity contribution in [3.05, 3.63) is 40.3 Å². The molecule has 0 unspecified atom stereocenters. The average molecular weight is 299 g/mol. The average Bonchev–Trinajstić information content (AvgIpc) is 2.99. The van der Waals surface area contributed by atoms with Crippen LogP contribution in [0, 0.1) is 0 Å². The van der Waals surface area contributed by atoms with Crippen LogP contribution in [0.25, 0.3) is 16.6 Å². The maximum Gasteiger partial charge on any atom is 0.281 e. The molecule has 4 rings (SSSR count). The Kier molecular flexibility index (Phi) is 2.90. The lowest BCUT2D eigenvalue weighted by Gasteiger charge is -2.25. The third kappa shape index (κ3) is 1.88. The molecule has 1 aromatic carbocycles. The smallest absolute Gasteiger partial charge is 0.281 e. The number of nitrogens with one attached hydrogen (secondary N) is 1. The number of hydrogen-bond acceptors (Lipinski definition) is 5. The fraction of sp³-hybridized carbons (Fsp3) is 0.286. The molecule has 0 saturated carbocycles. The quantitative estimate of drug-likeness (QED) is 0.685. The first-order chi connectivity index (χ1) is 10.8. The lowest BCUT2D eigenvalue weighted by molar-refractivity contribution is 0.0300. The molecule has 22 heavy (non-hydrogen) atoms. The van der Waals surface area contributed by atoms with E-state index in [-0.39, 0.29) is 22.8 Å². The van der Waals surface area contributed by atoms with E-state index in [4.69, 9.17) is 4.74 Å². The maximum atomic E-state index is 12.6. The molecule has 8 nitrogen and oxygen atoms in total. The number of nitrogens with zero attached hydrogens (tertiary/aromatic N) is 4. The van der Waals surface area contributed by atoms with E-state index in [0.29, 0.717) is 37.2 Å². The van der Waals surface area contributed by atoms with Crippen molar-refractivity contribution in [2.75, 3.05) is 26.3 Å². The van der Waals surface area contributed by atoms with Crippen LogP contribution in [0.3, 0.4) is 0 Å². The largest absolute Gasteiger partial charge is 0.378 e. The lowest BCUT2D eigenvalue weighted by Crippen LogP contribution is -2.41. The first-order valence-corrected chi connectivity index (χ1v) is 6.98. The Hall–Kier alpha value is -2.74. The van der Waals surface area contributed by atoms with E-state index in [2.05, 4.69) is 15.3 Å². The van der Waals surface area contributed by atoms with Gasteiger partial charge in [0.05, 0.1) is 24.1 Å². The van der Waals surface area contributed by atoms with Gasteiger partial charge in [0.25, 0.3) is 11.5 Å². The van der Waals surface area contributed by atoms with Crippen molar-refractivity contribution in [2.45, 2.75) is 0 Å². The standard InChI is InChI=1S/C14H13N5O3/c20-13-9-3-1-2-4-10(9)19-12(15-13)11(16-17-19)14(21)18-5-7-22-8-6-18/h1-4,17H,5-8H2. The van der Waals surface area contributed by atoms with E-state index in [1.165, 1.54) is 0 Å². The van der Waals surface area contributed by atoms with Crippen LogP contribution in [0.2, 0.25) is 0 Å². The first kappa shape index (κ1) is 13.0. The second-order valence-electron chi connectivity index (χ2n) is 5.06. The Morgan fingerprint density at radius 2 is 2.00 bits per heavy atom. The number of morpholine rings is 1. The van der Waals surface area contributed by atoms with Crippen molar-refractivity contribution in [3.63, 3.8) is 0 Å². The zero-order chi connectivity index (χ0) is 15.1. The first-order valence-electron chi connectivity index (χ1n) is 6.98. The normalized spacial score (nSPS) is 15.5. The van der Waals surface area contributed by atoms with Crippen LogP contribution in [0.4, 0.5) is 0 Å². The number of fused-ring (bicyclic) bond motifs is 3. The molecule has 1 aliphatic heterocycles. The summed E-state index contributed by atoms with van der Waals surface area (Å²) < 4.78 is 6.80. The molecule has 0 bridgehead atoms. The Morgan fingerprint density at radius 1 is 1.23 bits per heavy atom. The zero-order valence-corrected chi connectivity index (χ0v) is 11.7. The van der Waals surface area contributed by atoms with E-state index in [1.54, 1.807) is 27.6 Å². The summed E-state index contributed by atoms with van der Waals surface area (Å²) in [5.74, 6) is -0.246. The molecule has 1 saturated heterocycles. The van der Waals surface area contributed by atoms with Crippen LogP contribution < -0.4 is 5.56 Å². The van der Waals surface area contributed by atoms with Gasteiger partial charge < -0.3 is 9.64 Å². The van der Waals surface area contributed by atoms with E-state index >= 15 is 0 Å². The number of para-hydroxylation sites is 1. The van der Waals surface area contributed by atoms with Gasteiger partial charge in [-0.1, -0.05) is 12.1 Å². The second-order valence-corrected chi connectivity index (χ2v) is 5.06. The minimum Gasteiger partial charge on any atom is -0.378 e. The number of hydrogen-bond donors (Lipinski definition) is 1. The van der Waals surface area contributed by atoms with Gasteiger partial charge in [-0.3, -0.25) is 9.59 Å². The number of carbonyl (C=O) groups excluding carboxylic acids is 1. The van der Waals surface area contributed by atoms with Gasteiger partial charge in [0.15, 0.2) is 11.3 Å². The summed E-state index contributed by atoms with van der Waals surface area (Å²) in [6, 6.07) is 7.07.